The number of rotatable bonds is 2. The second kappa shape index (κ2) is 5.04. The molecule has 5 rings (SSSR count). The normalized spacial score (nSPS) is 28.0. The first-order valence-electron chi connectivity index (χ1n) is 7.49. The van der Waals surface area contributed by atoms with Crippen molar-refractivity contribution in [1.82, 2.24) is 14.6 Å². The molecule has 3 fully saturated rings. The van der Waals surface area contributed by atoms with E-state index < -0.39 is 0 Å². The van der Waals surface area contributed by atoms with E-state index in [-0.39, 0.29) is 5.91 Å². The van der Waals surface area contributed by atoms with Crippen LogP contribution in [0.15, 0.2) is 30.6 Å². The van der Waals surface area contributed by atoms with Crippen LogP contribution in [-0.2, 0) is 0 Å². The third-order valence-electron chi connectivity index (χ3n) is 4.79. The molecule has 1 unspecified atom stereocenters. The van der Waals surface area contributed by atoms with Gasteiger partial charge in [0, 0.05) is 35.5 Å². The van der Waals surface area contributed by atoms with E-state index in [1.54, 1.807) is 0 Å². The number of halogens is 1. The van der Waals surface area contributed by atoms with E-state index in [1.165, 1.54) is 25.9 Å². The molecule has 21 heavy (non-hydrogen) atoms. The number of piperidine rings is 3. The monoisotopic (exact) mass is 303 g/mol. The van der Waals surface area contributed by atoms with Gasteiger partial charge < -0.3 is 14.6 Å². The number of fused-ring (bicyclic) bond motifs is 4. The molecule has 0 aromatic carbocycles. The molecule has 0 saturated carbocycles. The molecular formula is C16H18ClN3O. The highest BCUT2D eigenvalue weighted by atomic mass is 35.5. The van der Waals surface area contributed by atoms with Crippen LogP contribution in [0.2, 0.25) is 5.02 Å². The SMILES string of the molecule is O=C(NC1CN2CCC1CC2)c1cc2cc(Cl)ccn2c1. The van der Waals surface area contributed by atoms with Crippen LogP contribution in [0.1, 0.15) is 23.2 Å². The van der Waals surface area contributed by atoms with Crippen LogP contribution in [-0.4, -0.2) is 40.9 Å². The van der Waals surface area contributed by atoms with E-state index in [0.29, 0.717) is 22.5 Å². The van der Waals surface area contributed by atoms with E-state index in [1.807, 2.05) is 35.0 Å². The number of hydrogen-bond acceptors (Lipinski definition) is 2. The maximum Gasteiger partial charge on any atom is 0.253 e. The zero-order valence-electron chi connectivity index (χ0n) is 11.8. The molecule has 3 aliphatic heterocycles. The lowest BCUT2D eigenvalue weighted by Crippen LogP contribution is -2.57. The summed E-state index contributed by atoms with van der Waals surface area (Å²) in [7, 11) is 0. The van der Waals surface area contributed by atoms with Crippen molar-refractivity contribution < 1.29 is 4.79 Å². The average Bonchev–Trinajstić information content (AvgIpc) is 2.91. The van der Waals surface area contributed by atoms with E-state index in [0.717, 1.165) is 12.1 Å². The fourth-order valence-corrected chi connectivity index (χ4v) is 3.75. The molecule has 2 bridgehead atoms. The van der Waals surface area contributed by atoms with Gasteiger partial charge in [0.25, 0.3) is 5.91 Å². The fourth-order valence-electron chi connectivity index (χ4n) is 3.59. The van der Waals surface area contributed by atoms with Gasteiger partial charge in [0.2, 0.25) is 0 Å². The average molecular weight is 304 g/mol. The predicted octanol–water partition coefficient (Wildman–Crippen LogP) is 2.42. The molecule has 2 aromatic heterocycles. The summed E-state index contributed by atoms with van der Waals surface area (Å²) in [6, 6.07) is 5.88. The van der Waals surface area contributed by atoms with Crippen molar-refractivity contribution in [2.75, 3.05) is 19.6 Å². The molecule has 1 atom stereocenters. The molecule has 3 saturated heterocycles. The Bertz CT molecular complexity index is 688. The van der Waals surface area contributed by atoms with Crippen LogP contribution in [0.3, 0.4) is 0 Å². The first-order valence-corrected chi connectivity index (χ1v) is 7.87. The Morgan fingerprint density at radius 1 is 1.29 bits per heavy atom. The third-order valence-corrected chi connectivity index (χ3v) is 5.03. The lowest BCUT2D eigenvalue weighted by atomic mass is 9.84. The summed E-state index contributed by atoms with van der Waals surface area (Å²) < 4.78 is 1.93. The highest BCUT2D eigenvalue weighted by Gasteiger charge is 2.35. The maximum absolute atomic E-state index is 12.5. The Morgan fingerprint density at radius 3 is 2.81 bits per heavy atom. The highest BCUT2D eigenvalue weighted by Crippen LogP contribution is 2.27. The minimum atomic E-state index is 0.0218. The summed E-state index contributed by atoms with van der Waals surface area (Å²) in [6.07, 6.45) is 6.15. The first-order chi connectivity index (χ1) is 10.2. The summed E-state index contributed by atoms with van der Waals surface area (Å²) in [5.41, 5.74) is 1.65. The van der Waals surface area contributed by atoms with Gasteiger partial charge in [-0.1, -0.05) is 11.6 Å². The zero-order valence-corrected chi connectivity index (χ0v) is 12.5. The van der Waals surface area contributed by atoms with Crippen molar-refractivity contribution >= 4 is 23.0 Å². The largest absolute Gasteiger partial charge is 0.348 e. The van der Waals surface area contributed by atoms with Crippen molar-refractivity contribution in [3.05, 3.63) is 41.2 Å². The predicted molar refractivity (Wildman–Crippen MR) is 82.8 cm³/mol. The molecule has 1 N–H and O–H groups in total. The van der Waals surface area contributed by atoms with Crippen molar-refractivity contribution in [3.8, 4) is 0 Å². The summed E-state index contributed by atoms with van der Waals surface area (Å²) in [4.78, 5) is 14.9. The zero-order chi connectivity index (χ0) is 14.4. The van der Waals surface area contributed by atoms with Crippen LogP contribution in [0, 0.1) is 5.92 Å². The van der Waals surface area contributed by atoms with Gasteiger partial charge in [0.1, 0.15) is 0 Å². The molecule has 0 aliphatic carbocycles. The lowest BCUT2D eigenvalue weighted by molar-refractivity contribution is 0.0620. The van der Waals surface area contributed by atoms with Gasteiger partial charge in [-0.3, -0.25) is 4.79 Å². The number of carbonyl (C=O) groups is 1. The van der Waals surface area contributed by atoms with Crippen molar-refractivity contribution in [3.63, 3.8) is 0 Å². The van der Waals surface area contributed by atoms with Gasteiger partial charge in [-0.15, -0.1) is 0 Å². The van der Waals surface area contributed by atoms with Crippen LogP contribution in [0.25, 0.3) is 5.52 Å². The fraction of sp³-hybridized carbons (Fsp3) is 0.438. The smallest absolute Gasteiger partial charge is 0.253 e. The van der Waals surface area contributed by atoms with Gasteiger partial charge in [0.15, 0.2) is 0 Å². The molecule has 1 amide bonds. The Labute approximate surface area is 128 Å². The van der Waals surface area contributed by atoms with E-state index >= 15 is 0 Å². The third kappa shape index (κ3) is 2.43. The molecule has 4 nitrogen and oxygen atoms in total. The number of amides is 1. The van der Waals surface area contributed by atoms with Gasteiger partial charge in [-0.2, -0.15) is 0 Å². The second-order valence-electron chi connectivity index (χ2n) is 6.12. The van der Waals surface area contributed by atoms with Crippen LogP contribution < -0.4 is 5.32 Å². The molecule has 110 valence electrons. The van der Waals surface area contributed by atoms with Crippen molar-refractivity contribution in [2.45, 2.75) is 18.9 Å². The summed E-state index contributed by atoms with van der Waals surface area (Å²) >= 11 is 5.99. The standard InChI is InChI=1S/C16H18ClN3O/c17-13-3-6-20-9-12(7-14(20)8-13)16(21)18-15-10-19-4-1-11(15)2-5-19/h3,6-9,11,15H,1-2,4-5,10H2,(H,18,21). The number of aromatic nitrogens is 1. The minimum Gasteiger partial charge on any atom is -0.348 e. The van der Waals surface area contributed by atoms with E-state index in [4.69, 9.17) is 11.6 Å². The first kappa shape index (κ1) is 13.2. The Kier molecular flexibility index (Phi) is 3.16. The molecule has 5 heterocycles. The number of carbonyl (C=O) groups excluding carboxylic acids is 1. The van der Waals surface area contributed by atoms with E-state index in [2.05, 4.69) is 10.2 Å². The molecular weight excluding hydrogens is 286 g/mol. The quantitative estimate of drug-likeness (QED) is 0.925. The Morgan fingerprint density at radius 2 is 2.10 bits per heavy atom. The van der Waals surface area contributed by atoms with Gasteiger partial charge in [-0.25, -0.2) is 0 Å². The number of hydrogen-bond donors (Lipinski definition) is 1. The van der Waals surface area contributed by atoms with E-state index in [9.17, 15) is 4.79 Å². The summed E-state index contributed by atoms with van der Waals surface area (Å²) in [5, 5.41) is 3.90. The van der Waals surface area contributed by atoms with Gasteiger partial charge in [-0.05, 0) is 50.0 Å². The molecule has 2 aromatic rings. The highest BCUT2D eigenvalue weighted by molar-refractivity contribution is 6.30. The topological polar surface area (TPSA) is 36.8 Å². The summed E-state index contributed by atoms with van der Waals surface area (Å²) in [6.45, 7) is 3.37. The van der Waals surface area contributed by atoms with Crippen LogP contribution in [0.4, 0.5) is 0 Å². The maximum atomic E-state index is 12.5. The Hall–Kier alpha value is -1.52. The summed E-state index contributed by atoms with van der Waals surface area (Å²) in [5.74, 6) is 0.666. The van der Waals surface area contributed by atoms with Crippen LogP contribution in [0.5, 0.6) is 0 Å². The molecule has 0 spiro atoms. The minimum absolute atomic E-state index is 0.0218. The van der Waals surface area contributed by atoms with Crippen LogP contribution >= 0.6 is 11.6 Å². The molecule has 5 heteroatoms. The van der Waals surface area contributed by atoms with Gasteiger partial charge >= 0.3 is 0 Å². The molecule has 3 aliphatic rings. The number of nitrogens with zero attached hydrogens (tertiary/aromatic N) is 2. The van der Waals surface area contributed by atoms with Gasteiger partial charge in [0.05, 0.1) is 5.56 Å². The van der Waals surface area contributed by atoms with Crippen molar-refractivity contribution in [1.29, 1.82) is 0 Å². The number of pyridine rings is 1. The molecule has 0 radical (unpaired) electrons. The number of nitrogens with one attached hydrogen (secondary N) is 1. The second-order valence-corrected chi connectivity index (χ2v) is 6.56. The lowest BCUT2D eigenvalue weighted by Gasteiger charge is -2.44. The van der Waals surface area contributed by atoms with Crippen molar-refractivity contribution in [2.24, 2.45) is 5.92 Å². The Balaban J connectivity index is 1.53.